The largest absolute Gasteiger partial charge is 0.457 e. The first kappa shape index (κ1) is 18.1. The summed E-state index contributed by atoms with van der Waals surface area (Å²) in [6.45, 7) is 1.02. The van der Waals surface area contributed by atoms with Crippen molar-refractivity contribution in [1.82, 2.24) is 24.8 Å². The molecule has 30 heavy (non-hydrogen) atoms. The number of hydrogen-bond donors (Lipinski definition) is 1. The summed E-state index contributed by atoms with van der Waals surface area (Å²) in [5.74, 6) is 2.19. The van der Waals surface area contributed by atoms with Crippen molar-refractivity contribution in [3.05, 3.63) is 90.5 Å². The molecule has 7 nitrogen and oxygen atoms in total. The molecule has 7 heteroatoms. The summed E-state index contributed by atoms with van der Waals surface area (Å²) in [5, 5.41) is 3.07. The van der Waals surface area contributed by atoms with Crippen LogP contribution in [0.2, 0.25) is 0 Å². The molecule has 0 bridgehead atoms. The lowest BCUT2D eigenvalue weighted by Gasteiger charge is -2.27. The fraction of sp³-hybridized carbons (Fsp3) is 0.130. The van der Waals surface area contributed by atoms with E-state index in [-0.39, 0.29) is 5.91 Å². The molecule has 0 fully saturated rings. The van der Waals surface area contributed by atoms with Crippen LogP contribution in [0.1, 0.15) is 17.0 Å². The van der Waals surface area contributed by atoms with Gasteiger partial charge in [0.1, 0.15) is 11.5 Å². The topological polar surface area (TPSA) is 81.9 Å². The number of benzene rings is 2. The zero-order valence-corrected chi connectivity index (χ0v) is 16.1. The Hall–Kier alpha value is -4.00. The normalized spacial score (nSPS) is 12.5. The maximum Gasteiger partial charge on any atom is 0.232 e. The van der Waals surface area contributed by atoms with Gasteiger partial charge in [-0.25, -0.2) is 15.0 Å². The van der Waals surface area contributed by atoms with Gasteiger partial charge in [0.05, 0.1) is 5.92 Å². The third kappa shape index (κ3) is 3.30. The molecular weight excluding hydrogens is 378 g/mol. The van der Waals surface area contributed by atoms with E-state index < -0.39 is 5.92 Å². The Morgan fingerprint density at radius 3 is 2.27 bits per heavy atom. The first-order chi connectivity index (χ1) is 14.8. The van der Waals surface area contributed by atoms with E-state index in [9.17, 15) is 4.79 Å². The van der Waals surface area contributed by atoms with Crippen molar-refractivity contribution in [2.75, 3.05) is 6.54 Å². The maximum absolute atomic E-state index is 13.2. The summed E-state index contributed by atoms with van der Waals surface area (Å²) in [5.41, 5.74) is 1.74. The number of carbonyl (C=O) groups excluding carboxylic acids is 1. The zero-order valence-electron chi connectivity index (χ0n) is 16.1. The van der Waals surface area contributed by atoms with E-state index in [2.05, 4.69) is 20.3 Å². The summed E-state index contributed by atoms with van der Waals surface area (Å²) >= 11 is 0. The van der Waals surface area contributed by atoms with Gasteiger partial charge in [-0.15, -0.1) is 0 Å². The molecule has 1 N–H and O–H groups in total. The van der Waals surface area contributed by atoms with Gasteiger partial charge in [-0.1, -0.05) is 36.4 Å². The number of carbonyl (C=O) groups is 1. The summed E-state index contributed by atoms with van der Waals surface area (Å²) < 4.78 is 7.91. The Labute approximate surface area is 173 Å². The van der Waals surface area contributed by atoms with E-state index in [4.69, 9.17) is 4.74 Å². The third-order valence-corrected chi connectivity index (χ3v) is 5.08. The van der Waals surface area contributed by atoms with Crippen molar-refractivity contribution in [3.8, 4) is 23.1 Å². The molecule has 1 amide bonds. The van der Waals surface area contributed by atoms with Crippen molar-refractivity contribution >= 4 is 5.91 Å². The van der Waals surface area contributed by atoms with Crippen LogP contribution in [0.15, 0.2) is 79.4 Å². The van der Waals surface area contributed by atoms with Gasteiger partial charge in [0, 0.05) is 49.0 Å². The Morgan fingerprint density at radius 1 is 0.900 bits per heavy atom. The molecule has 1 aliphatic heterocycles. The predicted molar refractivity (Wildman–Crippen MR) is 111 cm³/mol. The lowest BCUT2D eigenvalue weighted by atomic mass is 9.87. The van der Waals surface area contributed by atoms with Crippen LogP contribution in [0, 0.1) is 0 Å². The van der Waals surface area contributed by atoms with Crippen LogP contribution in [0.3, 0.4) is 0 Å². The van der Waals surface area contributed by atoms with E-state index in [1.54, 1.807) is 24.7 Å². The summed E-state index contributed by atoms with van der Waals surface area (Å²) in [7, 11) is 0. The van der Waals surface area contributed by atoms with Gasteiger partial charge in [-0.05, 0) is 18.2 Å². The van der Waals surface area contributed by atoms with E-state index in [1.165, 1.54) is 0 Å². The molecule has 0 aliphatic carbocycles. The smallest absolute Gasteiger partial charge is 0.232 e. The molecule has 0 saturated heterocycles. The number of imidazole rings is 1. The second-order valence-corrected chi connectivity index (χ2v) is 6.92. The minimum Gasteiger partial charge on any atom is -0.457 e. The number of nitrogens with zero attached hydrogens (tertiary/aromatic N) is 4. The lowest BCUT2D eigenvalue weighted by molar-refractivity contribution is -0.121. The van der Waals surface area contributed by atoms with E-state index >= 15 is 0 Å². The zero-order chi connectivity index (χ0) is 20.3. The number of hydrogen-bond acceptors (Lipinski definition) is 5. The molecule has 3 heterocycles. The summed E-state index contributed by atoms with van der Waals surface area (Å²) in [6, 6.07) is 17.1. The highest BCUT2D eigenvalue weighted by molar-refractivity contribution is 5.89. The van der Waals surface area contributed by atoms with Gasteiger partial charge in [-0.2, -0.15) is 0 Å². The lowest BCUT2D eigenvalue weighted by Crippen LogP contribution is -2.33. The molecule has 0 saturated carbocycles. The molecule has 2 aromatic heterocycles. The Bertz CT molecular complexity index is 1140. The number of para-hydroxylation sites is 2. The molecule has 2 aromatic carbocycles. The van der Waals surface area contributed by atoms with Crippen molar-refractivity contribution in [3.63, 3.8) is 0 Å². The standard InChI is InChI=1S/C23H19N5O2/c29-23(27-13-15-28-14-12-26-22(28)21-24-10-5-11-25-21)20-16-6-1-3-8-18(16)30-19-9-4-2-7-17(19)20/h1-12,14,20H,13,15H2,(H,27,29). The van der Waals surface area contributed by atoms with E-state index in [1.807, 2.05) is 59.3 Å². The summed E-state index contributed by atoms with van der Waals surface area (Å²) in [4.78, 5) is 26.0. The summed E-state index contributed by atoms with van der Waals surface area (Å²) in [6.07, 6.45) is 6.93. The van der Waals surface area contributed by atoms with Crippen molar-refractivity contribution in [2.24, 2.45) is 0 Å². The Kier molecular flexibility index (Phi) is 4.69. The predicted octanol–water partition coefficient (Wildman–Crippen LogP) is 3.39. The second kappa shape index (κ2) is 7.79. The first-order valence-corrected chi connectivity index (χ1v) is 9.73. The molecule has 5 rings (SSSR count). The molecule has 4 aromatic rings. The van der Waals surface area contributed by atoms with Gasteiger partial charge in [0.2, 0.25) is 5.91 Å². The highest BCUT2D eigenvalue weighted by atomic mass is 16.5. The number of fused-ring (bicyclic) bond motifs is 2. The van der Waals surface area contributed by atoms with Crippen LogP contribution in [0.4, 0.5) is 0 Å². The van der Waals surface area contributed by atoms with Gasteiger partial charge in [0.15, 0.2) is 11.6 Å². The van der Waals surface area contributed by atoms with Crippen LogP contribution >= 0.6 is 0 Å². The SMILES string of the molecule is O=C(NCCn1ccnc1-c1ncccn1)C1c2ccccc2Oc2ccccc21. The van der Waals surface area contributed by atoms with Gasteiger partial charge in [-0.3, -0.25) is 4.79 Å². The first-order valence-electron chi connectivity index (χ1n) is 9.73. The minimum atomic E-state index is -0.411. The fourth-order valence-corrected chi connectivity index (χ4v) is 3.70. The van der Waals surface area contributed by atoms with Crippen molar-refractivity contribution in [2.45, 2.75) is 12.5 Å². The van der Waals surface area contributed by atoms with Gasteiger partial charge >= 0.3 is 0 Å². The number of nitrogens with one attached hydrogen (secondary N) is 1. The average molecular weight is 397 g/mol. The number of aromatic nitrogens is 4. The second-order valence-electron chi connectivity index (χ2n) is 6.92. The van der Waals surface area contributed by atoms with Crippen molar-refractivity contribution < 1.29 is 9.53 Å². The van der Waals surface area contributed by atoms with Crippen LogP contribution < -0.4 is 10.1 Å². The molecule has 0 unspecified atom stereocenters. The Morgan fingerprint density at radius 2 is 1.57 bits per heavy atom. The van der Waals surface area contributed by atoms with Crippen LogP contribution in [0.5, 0.6) is 11.5 Å². The molecule has 0 radical (unpaired) electrons. The minimum absolute atomic E-state index is 0.0594. The highest BCUT2D eigenvalue weighted by Gasteiger charge is 2.32. The molecule has 0 atom stereocenters. The number of ether oxygens (including phenoxy) is 1. The van der Waals surface area contributed by atoms with Crippen LogP contribution in [0.25, 0.3) is 11.6 Å². The molecule has 148 valence electrons. The van der Waals surface area contributed by atoms with E-state index in [0.717, 1.165) is 22.6 Å². The van der Waals surface area contributed by atoms with Crippen molar-refractivity contribution in [1.29, 1.82) is 0 Å². The average Bonchev–Trinajstić information content (AvgIpc) is 3.26. The Balaban J connectivity index is 1.34. The van der Waals surface area contributed by atoms with Gasteiger partial charge < -0.3 is 14.6 Å². The van der Waals surface area contributed by atoms with E-state index in [0.29, 0.717) is 24.7 Å². The number of amides is 1. The third-order valence-electron chi connectivity index (χ3n) is 5.08. The molecule has 1 aliphatic rings. The fourth-order valence-electron chi connectivity index (χ4n) is 3.70. The maximum atomic E-state index is 13.2. The molecular formula is C23H19N5O2. The highest BCUT2D eigenvalue weighted by Crippen LogP contribution is 2.43. The van der Waals surface area contributed by atoms with Gasteiger partial charge in [0.25, 0.3) is 0 Å². The van der Waals surface area contributed by atoms with Crippen LogP contribution in [-0.4, -0.2) is 32.0 Å². The monoisotopic (exact) mass is 397 g/mol. The van der Waals surface area contributed by atoms with Crippen LogP contribution in [-0.2, 0) is 11.3 Å². The number of rotatable bonds is 5. The quantitative estimate of drug-likeness (QED) is 0.558. The molecule has 0 spiro atoms.